The maximum Gasteiger partial charge on any atom is 0.249 e. The van der Waals surface area contributed by atoms with Crippen LogP contribution in [0.2, 0.25) is 0 Å². The number of fused-ring (bicyclic) bond motifs is 1. The van der Waals surface area contributed by atoms with Gasteiger partial charge >= 0.3 is 0 Å². The van der Waals surface area contributed by atoms with E-state index in [1.54, 1.807) is 6.07 Å². The molecule has 4 nitrogen and oxygen atoms in total. The molecule has 3 aromatic rings. The Bertz CT molecular complexity index is 990. The highest BCUT2D eigenvalue weighted by Crippen LogP contribution is 2.39. The number of nitrogens with zero attached hydrogens (tertiary/aromatic N) is 2. The summed E-state index contributed by atoms with van der Waals surface area (Å²) >= 11 is 0. The number of nitrogens with two attached hydrogens (primary N) is 1. The third-order valence-electron chi connectivity index (χ3n) is 5.95. The Morgan fingerprint density at radius 3 is 2.39 bits per heavy atom. The number of hydrogen-bond donors (Lipinski definition) is 1. The minimum absolute atomic E-state index is 0.410. The highest BCUT2D eigenvalue weighted by Gasteiger charge is 2.23. The van der Waals surface area contributed by atoms with Crippen LogP contribution >= 0.6 is 0 Å². The Balaban J connectivity index is 1.92. The second-order valence-corrected chi connectivity index (χ2v) is 7.70. The highest BCUT2D eigenvalue weighted by atomic mass is 16.1. The number of carbonyl (C=O) groups is 1. The Labute approximate surface area is 166 Å². The number of benzene rings is 2. The molecule has 0 aliphatic heterocycles. The van der Waals surface area contributed by atoms with Gasteiger partial charge in [-0.1, -0.05) is 62.1 Å². The minimum atomic E-state index is -0.410. The van der Waals surface area contributed by atoms with Crippen LogP contribution in [0.5, 0.6) is 0 Å². The van der Waals surface area contributed by atoms with Crippen molar-refractivity contribution in [1.82, 2.24) is 4.98 Å². The summed E-state index contributed by atoms with van der Waals surface area (Å²) in [5.74, 6) is -0.410. The van der Waals surface area contributed by atoms with Crippen molar-refractivity contribution in [3.8, 4) is 11.1 Å². The summed E-state index contributed by atoms with van der Waals surface area (Å²) in [6.07, 6.45) is 9.47. The number of para-hydroxylation sites is 1. The average molecular weight is 374 g/mol. The topological polar surface area (TPSA) is 59.2 Å². The Hall–Kier alpha value is -2.88. The molecular weight excluding hydrogens is 346 g/mol. The molecule has 1 aliphatic rings. The molecule has 1 aliphatic carbocycles. The van der Waals surface area contributed by atoms with Crippen LogP contribution in [0.3, 0.4) is 0 Å². The van der Waals surface area contributed by atoms with Crippen molar-refractivity contribution in [1.29, 1.82) is 0 Å². The summed E-state index contributed by atoms with van der Waals surface area (Å²) in [6.45, 7) is 0. The minimum Gasteiger partial charge on any atom is -0.371 e. The second-order valence-electron chi connectivity index (χ2n) is 7.70. The average Bonchev–Trinajstić information content (AvgIpc) is 3.02. The monoisotopic (exact) mass is 373 g/mol. The van der Waals surface area contributed by atoms with Gasteiger partial charge < -0.3 is 10.6 Å². The van der Waals surface area contributed by atoms with E-state index in [1.165, 1.54) is 38.5 Å². The summed E-state index contributed by atoms with van der Waals surface area (Å²) in [4.78, 5) is 19.2. The lowest BCUT2D eigenvalue weighted by atomic mass is 9.95. The first-order chi connectivity index (χ1) is 13.7. The summed E-state index contributed by atoms with van der Waals surface area (Å²) < 4.78 is 0. The van der Waals surface area contributed by atoms with Crippen LogP contribution in [0.15, 0.2) is 54.7 Å². The predicted molar refractivity (Wildman–Crippen MR) is 116 cm³/mol. The van der Waals surface area contributed by atoms with Crippen molar-refractivity contribution in [3.63, 3.8) is 0 Å². The van der Waals surface area contributed by atoms with Crippen molar-refractivity contribution in [2.75, 3.05) is 11.9 Å². The van der Waals surface area contributed by atoms with E-state index < -0.39 is 5.91 Å². The van der Waals surface area contributed by atoms with E-state index in [0.29, 0.717) is 11.6 Å². The largest absolute Gasteiger partial charge is 0.371 e. The molecule has 2 N–H and O–H groups in total. The van der Waals surface area contributed by atoms with E-state index in [1.807, 2.05) is 36.5 Å². The van der Waals surface area contributed by atoms with Gasteiger partial charge in [0.15, 0.2) is 0 Å². The van der Waals surface area contributed by atoms with Crippen LogP contribution in [0.25, 0.3) is 22.0 Å². The van der Waals surface area contributed by atoms with Crippen molar-refractivity contribution in [3.05, 3.63) is 60.3 Å². The molecular formula is C24H27N3O. The van der Waals surface area contributed by atoms with Gasteiger partial charge in [-0.25, -0.2) is 0 Å². The predicted octanol–water partition coefficient (Wildman–Crippen LogP) is 5.16. The van der Waals surface area contributed by atoms with Gasteiger partial charge in [0.1, 0.15) is 0 Å². The van der Waals surface area contributed by atoms with Crippen LogP contribution in [0.1, 0.15) is 48.9 Å². The smallest absolute Gasteiger partial charge is 0.249 e. The van der Waals surface area contributed by atoms with Gasteiger partial charge in [0.05, 0.1) is 11.2 Å². The number of rotatable bonds is 4. The van der Waals surface area contributed by atoms with E-state index >= 15 is 0 Å². The van der Waals surface area contributed by atoms with Gasteiger partial charge in [-0.05, 0) is 30.5 Å². The van der Waals surface area contributed by atoms with E-state index in [2.05, 4.69) is 29.1 Å². The fourth-order valence-corrected chi connectivity index (χ4v) is 4.46. The van der Waals surface area contributed by atoms with Crippen molar-refractivity contribution in [2.24, 2.45) is 5.73 Å². The number of carbonyl (C=O) groups excluding carboxylic acids is 1. The number of amides is 1. The number of pyridine rings is 1. The van der Waals surface area contributed by atoms with Crippen LogP contribution in [0, 0.1) is 0 Å². The quantitative estimate of drug-likeness (QED) is 0.643. The Kier molecular flexibility index (Phi) is 5.29. The molecule has 1 fully saturated rings. The molecule has 4 rings (SSSR count). The first-order valence-corrected chi connectivity index (χ1v) is 10.2. The standard InChI is InChI=1S/C24H27N3O/c1-27(17-10-4-2-3-5-11-17)23-20-14-8-9-15-22(20)26-16-21(23)18-12-6-7-13-19(18)24(25)28/h6-9,12-17H,2-5,10-11H2,1H3,(H2,25,28). The van der Waals surface area contributed by atoms with Gasteiger partial charge in [0.2, 0.25) is 5.91 Å². The third kappa shape index (κ3) is 3.47. The zero-order chi connectivity index (χ0) is 19.5. The molecule has 0 atom stereocenters. The number of anilines is 1. The molecule has 0 bridgehead atoms. The van der Waals surface area contributed by atoms with Gasteiger partial charge in [0.25, 0.3) is 0 Å². The molecule has 4 heteroatoms. The first-order valence-electron chi connectivity index (χ1n) is 10.2. The Morgan fingerprint density at radius 2 is 1.64 bits per heavy atom. The summed E-state index contributed by atoms with van der Waals surface area (Å²) in [5, 5.41) is 1.12. The lowest BCUT2D eigenvalue weighted by Gasteiger charge is -2.32. The second kappa shape index (κ2) is 8.01. The molecule has 144 valence electrons. The molecule has 2 aromatic carbocycles. The van der Waals surface area contributed by atoms with Gasteiger partial charge in [-0.2, -0.15) is 0 Å². The summed E-state index contributed by atoms with van der Waals surface area (Å²) in [7, 11) is 2.19. The summed E-state index contributed by atoms with van der Waals surface area (Å²) in [6, 6.07) is 16.3. The van der Waals surface area contributed by atoms with Crippen LogP contribution in [-0.4, -0.2) is 24.0 Å². The maximum atomic E-state index is 12.1. The SMILES string of the molecule is CN(c1c(-c2ccccc2C(N)=O)cnc2ccccc12)C1CCCCCC1. The molecule has 0 radical (unpaired) electrons. The number of hydrogen-bond acceptors (Lipinski definition) is 3. The maximum absolute atomic E-state index is 12.1. The lowest BCUT2D eigenvalue weighted by molar-refractivity contribution is 0.100. The molecule has 0 spiro atoms. The van der Waals surface area contributed by atoms with Crippen molar-refractivity contribution in [2.45, 2.75) is 44.6 Å². The van der Waals surface area contributed by atoms with E-state index in [-0.39, 0.29) is 0 Å². The molecule has 1 heterocycles. The Morgan fingerprint density at radius 1 is 0.964 bits per heavy atom. The van der Waals surface area contributed by atoms with Gasteiger partial charge in [0, 0.05) is 35.8 Å². The zero-order valence-corrected chi connectivity index (χ0v) is 16.4. The number of primary amides is 1. The summed E-state index contributed by atoms with van der Waals surface area (Å²) in [5.41, 5.74) is 10.2. The van der Waals surface area contributed by atoms with Crippen LogP contribution < -0.4 is 10.6 Å². The molecule has 28 heavy (non-hydrogen) atoms. The molecule has 1 amide bonds. The van der Waals surface area contributed by atoms with Crippen molar-refractivity contribution < 1.29 is 4.79 Å². The normalized spacial score (nSPS) is 15.3. The van der Waals surface area contributed by atoms with E-state index in [0.717, 1.165) is 27.7 Å². The highest BCUT2D eigenvalue weighted by molar-refractivity contribution is 6.05. The zero-order valence-electron chi connectivity index (χ0n) is 16.4. The van der Waals surface area contributed by atoms with Gasteiger partial charge in [-0.3, -0.25) is 9.78 Å². The number of aromatic nitrogens is 1. The first kappa shape index (κ1) is 18.5. The third-order valence-corrected chi connectivity index (χ3v) is 5.95. The van der Waals surface area contributed by atoms with E-state index in [4.69, 9.17) is 5.73 Å². The molecule has 1 aromatic heterocycles. The molecule has 0 saturated heterocycles. The molecule has 1 saturated carbocycles. The van der Waals surface area contributed by atoms with Crippen LogP contribution in [-0.2, 0) is 0 Å². The lowest BCUT2D eigenvalue weighted by Crippen LogP contribution is -2.31. The fourth-order valence-electron chi connectivity index (χ4n) is 4.46. The van der Waals surface area contributed by atoms with Crippen LogP contribution in [0.4, 0.5) is 5.69 Å². The van der Waals surface area contributed by atoms with Gasteiger partial charge in [-0.15, -0.1) is 0 Å². The fraction of sp³-hybridized carbons (Fsp3) is 0.333. The molecule has 0 unspecified atom stereocenters. The van der Waals surface area contributed by atoms with E-state index in [9.17, 15) is 4.79 Å². The van der Waals surface area contributed by atoms with Crippen molar-refractivity contribution >= 4 is 22.5 Å².